The second kappa shape index (κ2) is 12.2. The van der Waals surface area contributed by atoms with Crippen molar-refractivity contribution in [2.24, 2.45) is 0 Å². The van der Waals surface area contributed by atoms with Gasteiger partial charge in [0, 0.05) is 24.7 Å². The molecule has 0 radical (unpaired) electrons. The van der Waals surface area contributed by atoms with E-state index in [2.05, 4.69) is 10.0 Å². The fourth-order valence-corrected chi connectivity index (χ4v) is 6.38. The quantitative estimate of drug-likeness (QED) is 0.343. The van der Waals surface area contributed by atoms with Gasteiger partial charge in [0.2, 0.25) is 26.0 Å². The van der Waals surface area contributed by atoms with E-state index >= 15 is 0 Å². The summed E-state index contributed by atoms with van der Waals surface area (Å²) >= 11 is 12.1. The molecule has 0 aliphatic heterocycles. The van der Waals surface area contributed by atoms with Crippen LogP contribution in [0.3, 0.4) is 0 Å². The summed E-state index contributed by atoms with van der Waals surface area (Å²) in [5, 5.41) is 2.71. The van der Waals surface area contributed by atoms with Gasteiger partial charge in [0.1, 0.15) is 4.90 Å². The highest BCUT2D eigenvalue weighted by Gasteiger charge is 2.29. The van der Waals surface area contributed by atoms with Crippen molar-refractivity contribution in [3.63, 3.8) is 0 Å². The molecule has 12 heteroatoms. The second-order valence-electron chi connectivity index (χ2n) is 7.89. The smallest absolute Gasteiger partial charge is 0.245 e. The molecule has 3 aromatic carbocycles. The van der Waals surface area contributed by atoms with E-state index in [1.807, 2.05) is 6.92 Å². The van der Waals surface area contributed by atoms with Crippen LogP contribution in [0.2, 0.25) is 10.0 Å². The fraction of sp³-hybridized carbons (Fsp3) is 0.208. The zero-order chi connectivity index (χ0) is 26.3. The Kier molecular flexibility index (Phi) is 9.51. The molecule has 192 valence electrons. The van der Waals surface area contributed by atoms with Crippen LogP contribution < -0.4 is 10.0 Å². The van der Waals surface area contributed by atoms with Gasteiger partial charge in [0.15, 0.2) is 0 Å². The Morgan fingerprint density at radius 2 is 1.56 bits per heavy atom. The highest BCUT2D eigenvalue weighted by molar-refractivity contribution is 7.89. The summed E-state index contributed by atoms with van der Waals surface area (Å²) in [6.07, 6.45) is 0. The summed E-state index contributed by atoms with van der Waals surface area (Å²) in [6, 6.07) is 19.2. The van der Waals surface area contributed by atoms with Gasteiger partial charge in [-0.1, -0.05) is 71.2 Å². The molecular weight excluding hydrogens is 545 g/mol. The molecule has 0 aliphatic carbocycles. The lowest BCUT2D eigenvalue weighted by Crippen LogP contribution is -2.42. The fourth-order valence-electron chi connectivity index (χ4n) is 3.23. The van der Waals surface area contributed by atoms with Crippen molar-refractivity contribution in [3.05, 3.63) is 94.0 Å². The Balaban J connectivity index is 1.68. The number of hydrogen-bond donors (Lipinski definition) is 2. The molecule has 8 nitrogen and oxygen atoms in total. The van der Waals surface area contributed by atoms with E-state index in [4.69, 9.17) is 23.2 Å². The lowest BCUT2D eigenvalue weighted by molar-refractivity contribution is -0.121. The Labute approximate surface area is 221 Å². The number of carbonyl (C=O) groups is 1. The van der Waals surface area contributed by atoms with Gasteiger partial charge in [-0.15, -0.1) is 0 Å². The molecular formula is C24H25Cl2N3O5S2. The van der Waals surface area contributed by atoms with Crippen LogP contribution in [0.15, 0.2) is 82.6 Å². The Hall–Kier alpha value is -2.47. The van der Waals surface area contributed by atoms with E-state index in [1.54, 1.807) is 42.5 Å². The van der Waals surface area contributed by atoms with Crippen LogP contribution in [0.4, 0.5) is 0 Å². The van der Waals surface area contributed by atoms with Crippen molar-refractivity contribution in [2.75, 3.05) is 19.6 Å². The lowest BCUT2D eigenvalue weighted by atomic mass is 10.2. The summed E-state index contributed by atoms with van der Waals surface area (Å²) in [6.45, 7) is 1.14. The van der Waals surface area contributed by atoms with Gasteiger partial charge in [-0.25, -0.2) is 21.6 Å². The van der Waals surface area contributed by atoms with Crippen molar-refractivity contribution in [1.29, 1.82) is 0 Å². The molecule has 3 rings (SSSR count). The van der Waals surface area contributed by atoms with Gasteiger partial charge in [-0.05, 0) is 42.8 Å². The number of nitrogens with zero attached hydrogens (tertiary/aromatic N) is 1. The molecule has 0 heterocycles. The second-order valence-corrected chi connectivity index (χ2v) is 12.4. The Bertz CT molecular complexity index is 1420. The molecule has 0 bridgehead atoms. The number of rotatable bonds is 11. The largest absolute Gasteiger partial charge is 0.354 e. The zero-order valence-corrected chi connectivity index (χ0v) is 22.5. The van der Waals surface area contributed by atoms with Crippen molar-refractivity contribution in [2.45, 2.75) is 23.3 Å². The van der Waals surface area contributed by atoms with E-state index < -0.39 is 32.5 Å². The standard InChI is InChI=1S/C24H25Cl2N3O5S2/c1-18-7-10-21(11-8-18)35(31,32)28-14-13-27-24(30)17-29(16-19-5-3-2-4-6-19)36(33,34)23-15-20(25)9-12-22(23)26/h2-12,15,28H,13-14,16-17H2,1H3,(H,27,30). The molecule has 0 fully saturated rings. The highest BCUT2D eigenvalue weighted by Crippen LogP contribution is 2.28. The van der Waals surface area contributed by atoms with Crippen LogP contribution in [0.25, 0.3) is 0 Å². The monoisotopic (exact) mass is 569 g/mol. The van der Waals surface area contributed by atoms with E-state index in [-0.39, 0.29) is 39.5 Å². The number of nitrogens with one attached hydrogen (secondary N) is 2. The first-order valence-corrected chi connectivity index (χ1v) is 14.5. The Morgan fingerprint density at radius 3 is 2.22 bits per heavy atom. The summed E-state index contributed by atoms with van der Waals surface area (Å²) in [5.74, 6) is -0.609. The molecule has 0 aromatic heterocycles. The zero-order valence-electron chi connectivity index (χ0n) is 19.3. The third kappa shape index (κ3) is 7.52. The molecule has 0 unspecified atom stereocenters. The minimum Gasteiger partial charge on any atom is -0.354 e. The lowest BCUT2D eigenvalue weighted by Gasteiger charge is -2.22. The first kappa shape index (κ1) is 28.1. The average molecular weight is 571 g/mol. The molecule has 0 atom stereocenters. The van der Waals surface area contributed by atoms with E-state index in [1.165, 1.54) is 30.3 Å². The number of benzene rings is 3. The van der Waals surface area contributed by atoms with Crippen molar-refractivity contribution >= 4 is 49.2 Å². The van der Waals surface area contributed by atoms with Gasteiger partial charge in [-0.2, -0.15) is 4.31 Å². The molecule has 3 aromatic rings. The van der Waals surface area contributed by atoms with Crippen LogP contribution in [-0.4, -0.2) is 46.7 Å². The minimum atomic E-state index is -4.20. The van der Waals surface area contributed by atoms with Crippen molar-refractivity contribution in [3.8, 4) is 0 Å². The number of halogens is 2. The van der Waals surface area contributed by atoms with Crippen LogP contribution in [0.1, 0.15) is 11.1 Å². The third-order valence-electron chi connectivity index (χ3n) is 5.10. The topological polar surface area (TPSA) is 113 Å². The number of hydrogen-bond acceptors (Lipinski definition) is 5. The molecule has 0 saturated heterocycles. The summed E-state index contributed by atoms with van der Waals surface area (Å²) < 4.78 is 55.0. The first-order valence-electron chi connectivity index (χ1n) is 10.8. The van der Waals surface area contributed by atoms with Gasteiger partial charge in [0.25, 0.3) is 0 Å². The van der Waals surface area contributed by atoms with Crippen molar-refractivity contribution < 1.29 is 21.6 Å². The van der Waals surface area contributed by atoms with Crippen LogP contribution >= 0.6 is 23.2 Å². The average Bonchev–Trinajstić information content (AvgIpc) is 2.84. The van der Waals surface area contributed by atoms with Gasteiger partial charge < -0.3 is 5.32 Å². The molecule has 1 amide bonds. The molecule has 0 aliphatic rings. The first-order chi connectivity index (χ1) is 17.0. The maximum Gasteiger partial charge on any atom is 0.245 e. The number of carbonyl (C=O) groups excluding carboxylic acids is 1. The van der Waals surface area contributed by atoms with E-state index in [9.17, 15) is 21.6 Å². The summed E-state index contributed by atoms with van der Waals surface area (Å²) in [7, 11) is -7.94. The molecule has 0 spiro atoms. The van der Waals surface area contributed by atoms with Crippen LogP contribution in [-0.2, 0) is 31.4 Å². The maximum atomic E-state index is 13.4. The van der Waals surface area contributed by atoms with Gasteiger partial charge in [-0.3, -0.25) is 4.79 Å². The van der Waals surface area contributed by atoms with Gasteiger partial charge >= 0.3 is 0 Å². The van der Waals surface area contributed by atoms with Crippen LogP contribution in [0, 0.1) is 6.92 Å². The summed E-state index contributed by atoms with van der Waals surface area (Å²) in [5.41, 5.74) is 1.59. The minimum absolute atomic E-state index is 0.0246. The predicted octanol–water partition coefficient (Wildman–Crippen LogP) is 3.59. The normalized spacial score (nSPS) is 12.0. The molecule has 2 N–H and O–H groups in total. The maximum absolute atomic E-state index is 13.4. The third-order valence-corrected chi connectivity index (χ3v) is 9.09. The highest BCUT2D eigenvalue weighted by atomic mass is 35.5. The summed E-state index contributed by atoms with van der Waals surface area (Å²) in [4.78, 5) is 12.5. The van der Waals surface area contributed by atoms with Crippen LogP contribution in [0.5, 0.6) is 0 Å². The van der Waals surface area contributed by atoms with E-state index in [0.717, 1.165) is 9.87 Å². The Morgan fingerprint density at radius 1 is 0.889 bits per heavy atom. The number of amides is 1. The number of aryl methyl sites for hydroxylation is 1. The molecule has 36 heavy (non-hydrogen) atoms. The van der Waals surface area contributed by atoms with Crippen molar-refractivity contribution in [1.82, 2.24) is 14.3 Å². The number of sulfonamides is 2. The van der Waals surface area contributed by atoms with E-state index in [0.29, 0.717) is 5.56 Å². The SMILES string of the molecule is Cc1ccc(S(=O)(=O)NCCNC(=O)CN(Cc2ccccc2)S(=O)(=O)c2cc(Cl)ccc2Cl)cc1. The predicted molar refractivity (Wildman–Crippen MR) is 140 cm³/mol. The van der Waals surface area contributed by atoms with Gasteiger partial charge in [0.05, 0.1) is 16.5 Å². The molecule has 0 saturated carbocycles.